The third-order valence-corrected chi connectivity index (χ3v) is 3.89. The molecule has 0 heterocycles. The van der Waals surface area contributed by atoms with Gasteiger partial charge in [-0.25, -0.2) is 0 Å². The van der Waals surface area contributed by atoms with Gasteiger partial charge in [-0.2, -0.15) is 0 Å². The molecule has 1 aromatic carbocycles. The molecule has 2 aliphatic rings. The molecule has 2 bridgehead atoms. The second-order valence-corrected chi connectivity index (χ2v) is 5.02. The smallest absolute Gasteiger partial charge is 0.119 e. The van der Waals surface area contributed by atoms with Crippen LogP contribution in [0.5, 0.6) is 0 Å². The number of benzene rings is 1. The minimum atomic E-state index is 0.355. The van der Waals surface area contributed by atoms with Crippen LogP contribution in [0.15, 0.2) is 58.3 Å². The van der Waals surface area contributed by atoms with Crippen LogP contribution < -0.4 is 0 Å². The largest absolute Gasteiger partial charge is 0.508 e. The number of fused-ring (bicyclic) bond motifs is 4. The van der Waals surface area contributed by atoms with E-state index in [1.54, 1.807) is 6.08 Å². The fourth-order valence-electron chi connectivity index (χ4n) is 2.20. The zero-order valence-electron chi connectivity index (χ0n) is 9.15. The summed E-state index contributed by atoms with van der Waals surface area (Å²) in [6, 6.07) is 8.15. The Hall–Kier alpha value is -1.54. The number of aliphatic hydroxyl groups excluding tert-OH is 1. The van der Waals surface area contributed by atoms with E-state index in [4.69, 9.17) is 0 Å². The van der Waals surface area contributed by atoms with Crippen LogP contribution in [0.4, 0.5) is 0 Å². The molecule has 0 spiro atoms. The van der Waals surface area contributed by atoms with Gasteiger partial charge in [0.1, 0.15) is 5.76 Å². The van der Waals surface area contributed by atoms with Crippen molar-refractivity contribution in [3.8, 4) is 0 Å². The van der Waals surface area contributed by atoms with Crippen LogP contribution in [-0.4, -0.2) is 5.11 Å². The molecule has 0 fully saturated rings. The first-order valence-electron chi connectivity index (χ1n) is 5.52. The molecule has 2 heteroatoms. The maximum absolute atomic E-state index is 10.1. The number of hydrogen-bond acceptors (Lipinski definition) is 1. The van der Waals surface area contributed by atoms with Crippen LogP contribution in [0.25, 0.3) is 11.6 Å². The molecule has 0 amide bonds. The van der Waals surface area contributed by atoms with Crippen molar-refractivity contribution in [2.24, 2.45) is 0 Å². The fourth-order valence-corrected chi connectivity index (χ4v) is 2.61. The highest BCUT2D eigenvalue weighted by molar-refractivity contribution is 9.11. The molecule has 1 aromatic rings. The van der Waals surface area contributed by atoms with Crippen molar-refractivity contribution in [3.05, 3.63) is 69.4 Å². The molecular formula is C15H11BrO. The molecule has 17 heavy (non-hydrogen) atoms. The minimum Gasteiger partial charge on any atom is -0.508 e. The minimum absolute atomic E-state index is 0.355. The lowest BCUT2D eigenvalue weighted by molar-refractivity contribution is 0.434. The van der Waals surface area contributed by atoms with Crippen LogP contribution in [0, 0.1) is 0 Å². The summed E-state index contributed by atoms with van der Waals surface area (Å²) in [6.07, 6.45) is 8.62. The summed E-state index contributed by atoms with van der Waals surface area (Å²) in [5, 5.41) is 10.1. The Bertz CT molecular complexity index is 603. The van der Waals surface area contributed by atoms with E-state index in [9.17, 15) is 5.11 Å². The van der Waals surface area contributed by atoms with Crippen molar-refractivity contribution in [3.63, 3.8) is 0 Å². The average molecular weight is 287 g/mol. The van der Waals surface area contributed by atoms with Crippen molar-refractivity contribution in [1.82, 2.24) is 0 Å². The molecule has 3 rings (SSSR count). The maximum Gasteiger partial charge on any atom is 0.119 e. The highest BCUT2D eigenvalue weighted by atomic mass is 79.9. The van der Waals surface area contributed by atoms with E-state index >= 15 is 0 Å². The predicted molar refractivity (Wildman–Crippen MR) is 74.7 cm³/mol. The summed E-state index contributed by atoms with van der Waals surface area (Å²) in [5.41, 5.74) is 4.45. The summed E-state index contributed by atoms with van der Waals surface area (Å²) in [4.78, 5) is 0. The Morgan fingerprint density at radius 2 is 1.82 bits per heavy atom. The Labute approximate surface area is 109 Å². The second kappa shape index (κ2) is 4.04. The fraction of sp³-hybridized carbons (Fsp3) is 0.0667. The third-order valence-electron chi connectivity index (χ3n) is 3.12. The van der Waals surface area contributed by atoms with Crippen molar-refractivity contribution >= 4 is 27.6 Å². The van der Waals surface area contributed by atoms with Gasteiger partial charge in [0.25, 0.3) is 0 Å². The van der Waals surface area contributed by atoms with Crippen molar-refractivity contribution < 1.29 is 5.11 Å². The van der Waals surface area contributed by atoms with E-state index < -0.39 is 0 Å². The average Bonchev–Trinajstić information content (AvgIpc) is 2.62. The quantitative estimate of drug-likeness (QED) is 0.739. The Morgan fingerprint density at radius 1 is 1.00 bits per heavy atom. The van der Waals surface area contributed by atoms with Gasteiger partial charge in [-0.1, -0.05) is 52.3 Å². The van der Waals surface area contributed by atoms with Crippen LogP contribution in [0.1, 0.15) is 17.5 Å². The number of allylic oxidation sites excluding steroid dienone is 6. The molecule has 0 saturated heterocycles. The van der Waals surface area contributed by atoms with Gasteiger partial charge >= 0.3 is 0 Å². The van der Waals surface area contributed by atoms with Gasteiger partial charge in [0.05, 0.1) is 0 Å². The highest BCUT2D eigenvalue weighted by Crippen LogP contribution is 2.37. The molecule has 0 atom stereocenters. The molecule has 0 aromatic heterocycles. The first kappa shape index (κ1) is 10.6. The molecule has 0 saturated carbocycles. The normalized spacial score (nSPS) is 17.9. The number of rotatable bonds is 0. The van der Waals surface area contributed by atoms with Gasteiger partial charge in [0.2, 0.25) is 0 Å². The van der Waals surface area contributed by atoms with Crippen LogP contribution in [-0.2, 0) is 0 Å². The van der Waals surface area contributed by atoms with E-state index in [0.29, 0.717) is 5.76 Å². The van der Waals surface area contributed by atoms with E-state index in [1.165, 1.54) is 5.57 Å². The number of aliphatic hydroxyl groups is 1. The molecular weight excluding hydrogens is 276 g/mol. The zero-order valence-corrected chi connectivity index (χ0v) is 10.7. The Kier molecular flexibility index (Phi) is 2.52. The van der Waals surface area contributed by atoms with Gasteiger partial charge in [-0.3, -0.25) is 0 Å². The van der Waals surface area contributed by atoms with Crippen LogP contribution in [0.3, 0.4) is 0 Å². The first-order valence-corrected chi connectivity index (χ1v) is 6.31. The van der Waals surface area contributed by atoms with Gasteiger partial charge in [0, 0.05) is 16.5 Å². The Balaban J connectivity index is 2.31. The lowest BCUT2D eigenvalue weighted by Crippen LogP contribution is -1.91. The lowest BCUT2D eigenvalue weighted by Gasteiger charge is -2.09. The van der Waals surface area contributed by atoms with E-state index in [0.717, 1.165) is 27.6 Å². The monoisotopic (exact) mass is 286 g/mol. The molecule has 1 N–H and O–H groups in total. The number of halogens is 1. The van der Waals surface area contributed by atoms with Gasteiger partial charge in [0.15, 0.2) is 0 Å². The van der Waals surface area contributed by atoms with Gasteiger partial charge in [-0.05, 0) is 28.9 Å². The third kappa shape index (κ3) is 1.79. The molecule has 2 aliphatic carbocycles. The summed E-state index contributed by atoms with van der Waals surface area (Å²) in [6.45, 7) is 0. The first-order chi connectivity index (χ1) is 8.25. The maximum atomic E-state index is 10.1. The standard InChI is InChI=1S/C15H11BrO/c16-14-7-8-15(17)13-9-11(14)6-5-10-3-1-2-4-12(10)13/h1-8,17H,9H2. The van der Waals surface area contributed by atoms with Crippen molar-refractivity contribution in [2.75, 3.05) is 0 Å². The van der Waals surface area contributed by atoms with E-state index in [1.807, 2.05) is 18.2 Å². The second-order valence-electron chi connectivity index (χ2n) is 4.17. The Morgan fingerprint density at radius 3 is 2.71 bits per heavy atom. The van der Waals surface area contributed by atoms with E-state index in [2.05, 4.69) is 40.2 Å². The number of hydrogen-bond donors (Lipinski definition) is 1. The highest BCUT2D eigenvalue weighted by Gasteiger charge is 2.17. The van der Waals surface area contributed by atoms with Crippen molar-refractivity contribution in [2.45, 2.75) is 6.42 Å². The molecule has 0 aliphatic heterocycles. The van der Waals surface area contributed by atoms with Gasteiger partial charge < -0.3 is 5.11 Å². The van der Waals surface area contributed by atoms with Crippen LogP contribution in [0.2, 0.25) is 0 Å². The molecule has 84 valence electrons. The van der Waals surface area contributed by atoms with Crippen LogP contribution >= 0.6 is 15.9 Å². The molecule has 0 unspecified atom stereocenters. The summed E-state index contributed by atoms with van der Waals surface area (Å²) in [7, 11) is 0. The summed E-state index contributed by atoms with van der Waals surface area (Å²) < 4.78 is 1.03. The van der Waals surface area contributed by atoms with Crippen molar-refractivity contribution in [1.29, 1.82) is 0 Å². The zero-order chi connectivity index (χ0) is 11.8. The lowest BCUT2D eigenvalue weighted by atomic mass is 9.97. The van der Waals surface area contributed by atoms with E-state index in [-0.39, 0.29) is 0 Å². The molecule has 1 nitrogen and oxygen atoms in total. The SMILES string of the molecule is OC1=C2CC(=C(Br)C=C1)C=Cc1ccccc12. The topological polar surface area (TPSA) is 20.2 Å². The van der Waals surface area contributed by atoms with Gasteiger partial charge in [-0.15, -0.1) is 0 Å². The summed E-state index contributed by atoms with van der Waals surface area (Å²) >= 11 is 3.54. The molecule has 0 radical (unpaired) electrons. The summed E-state index contributed by atoms with van der Waals surface area (Å²) in [5.74, 6) is 0.355. The predicted octanol–water partition coefficient (Wildman–Crippen LogP) is 4.59.